The van der Waals surface area contributed by atoms with E-state index < -0.39 is 10.1 Å². The Morgan fingerprint density at radius 2 is 1.59 bits per heavy atom. The summed E-state index contributed by atoms with van der Waals surface area (Å²) < 4.78 is 35.0. The second kappa shape index (κ2) is 6.95. The average molecular weight is 406 g/mol. The summed E-state index contributed by atoms with van der Waals surface area (Å²) in [7, 11) is -2.27. The quantitative estimate of drug-likeness (QED) is 0.317. The molecule has 0 fully saturated rings. The Labute approximate surface area is 167 Å². The van der Waals surface area contributed by atoms with Gasteiger partial charge in [0.25, 0.3) is 5.56 Å². The minimum atomic E-state index is -4.27. The maximum atomic E-state index is 12.1. The molecule has 0 spiro atoms. The van der Waals surface area contributed by atoms with Crippen LogP contribution in [0.15, 0.2) is 82.6 Å². The molecule has 6 nitrogen and oxygen atoms in total. The average Bonchev–Trinajstić information content (AvgIpc) is 3.02. The van der Waals surface area contributed by atoms with Crippen molar-refractivity contribution in [2.75, 3.05) is 0 Å². The Morgan fingerprint density at radius 1 is 0.897 bits per heavy atom. The highest BCUT2D eigenvalue weighted by Gasteiger charge is 2.17. The van der Waals surface area contributed by atoms with Gasteiger partial charge in [-0.05, 0) is 25.1 Å². The first kappa shape index (κ1) is 19.0. The Hall–Kier alpha value is -3.29. The van der Waals surface area contributed by atoms with Gasteiger partial charge in [0, 0.05) is 29.0 Å². The van der Waals surface area contributed by atoms with Crippen molar-refractivity contribution < 1.29 is 17.5 Å². The molecule has 0 atom stereocenters. The fourth-order valence-electron chi connectivity index (χ4n) is 3.47. The van der Waals surface area contributed by atoms with Crippen LogP contribution in [0.1, 0.15) is 5.56 Å². The molecular weight excluding hydrogens is 388 g/mol. The number of nitrogens with zero attached hydrogens (tertiary/aromatic N) is 2. The summed E-state index contributed by atoms with van der Waals surface area (Å²) in [6, 6.07) is 19.4. The minimum Gasteiger partial charge on any atom is -0.744 e. The van der Waals surface area contributed by atoms with Crippen LogP contribution in [0, 0.1) is 6.92 Å². The third-order valence-electron chi connectivity index (χ3n) is 4.92. The number of fused-ring (bicyclic) bond motifs is 3. The first-order chi connectivity index (χ1) is 13.8. The summed E-state index contributed by atoms with van der Waals surface area (Å²) in [6.07, 6.45) is 2.04. The van der Waals surface area contributed by atoms with Crippen LogP contribution in [0.4, 0.5) is 0 Å². The Morgan fingerprint density at radius 3 is 2.28 bits per heavy atom. The number of hydrogen-bond acceptors (Lipinski definition) is 4. The van der Waals surface area contributed by atoms with Crippen molar-refractivity contribution in [3.05, 3.63) is 88.8 Å². The van der Waals surface area contributed by atoms with E-state index >= 15 is 0 Å². The van der Waals surface area contributed by atoms with Crippen molar-refractivity contribution in [1.29, 1.82) is 0 Å². The van der Waals surface area contributed by atoms with Crippen LogP contribution in [-0.4, -0.2) is 17.4 Å². The van der Waals surface area contributed by atoms with Gasteiger partial charge in [0.05, 0.1) is 10.4 Å². The fraction of sp³-hybridized carbons (Fsp3) is 0.0909. The van der Waals surface area contributed by atoms with Crippen molar-refractivity contribution in [2.45, 2.75) is 11.8 Å². The third kappa shape index (κ3) is 3.35. The molecule has 0 saturated carbocycles. The lowest BCUT2D eigenvalue weighted by molar-refractivity contribution is -0.644. The number of hydrogen-bond donors (Lipinski definition) is 0. The van der Waals surface area contributed by atoms with E-state index in [1.165, 1.54) is 12.1 Å². The van der Waals surface area contributed by atoms with Crippen LogP contribution in [0.3, 0.4) is 0 Å². The fourth-order valence-corrected chi connectivity index (χ4v) is 3.94. The maximum absolute atomic E-state index is 12.1. The zero-order chi connectivity index (χ0) is 20.8. The van der Waals surface area contributed by atoms with Crippen LogP contribution >= 0.6 is 0 Å². The van der Waals surface area contributed by atoms with Gasteiger partial charge in [-0.25, -0.2) is 8.42 Å². The summed E-state index contributed by atoms with van der Waals surface area (Å²) in [6.45, 7) is 1.82. The van der Waals surface area contributed by atoms with Gasteiger partial charge < -0.3 is 4.55 Å². The number of pyridine rings is 2. The molecule has 146 valence electrons. The van der Waals surface area contributed by atoms with Gasteiger partial charge in [0.2, 0.25) is 5.52 Å². The molecule has 0 amide bonds. The number of aromatic nitrogens is 2. The lowest BCUT2D eigenvalue weighted by atomic mass is 10.2. The van der Waals surface area contributed by atoms with Gasteiger partial charge in [-0.15, -0.1) is 0 Å². The second-order valence-electron chi connectivity index (χ2n) is 6.87. The van der Waals surface area contributed by atoms with E-state index in [9.17, 15) is 17.8 Å². The molecule has 5 aromatic rings. The van der Waals surface area contributed by atoms with Gasteiger partial charge in [-0.1, -0.05) is 35.9 Å². The highest BCUT2D eigenvalue weighted by molar-refractivity contribution is 7.85. The topological polar surface area (TPSA) is 82.6 Å². The SMILES string of the molecule is C[n+]1ccc2c3ccccc3n3c(=O)ccc1c23.Cc1ccc(S(=O)(=O)[O-])cc1. The Kier molecular flexibility index (Phi) is 4.56. The Bertz CT molecular complexity index is 1500. The molecule has 0 N–H and O–H groups in total. The highest BCUT2D eigenvalue weighted by atomic mass is 32.2. The minimum absolute atomic E-state index is 0.0277. The molecule has 0 saturated heterocycles. The normalized spacial score (nSPS) is 11.7. The van der Waals surface area contributed by atoms with Crippen molar-refractivity contribution in [2.24, 2.45) is 7.05 Å². The van der Waals surface area contributed by atoms with Gasteiger partial charge >= 0.3 is 0 Å². The molecule has 0 bridgehead atoms. The predicted octanol–water partition coefficient (Wildman–Crippen LogP) is 2.77. The molecular formula is C22H18N2O4S. The first-order valence-corrected chi connectivity index (χ1v) is 10.3. The molecule has 3 aromatic heterocycles. The van der Waals surface area contributed by atoms with Crippen molar-refractivity contribution in [3.8, 4) is 0 Å². The van der Waals surface area contributed by atoms with E-state index in [0.29, 0.717) is 0 Å². The van der Waals surface area contributed by atoms with E-state index in [1.54, 1.807) is 22.6 Å². The molecule has 7 heteroatoms. The molecule has 0 radical (unpaired) electrons. The van der Waals surface area contributed by atoms with Crippen molar-refractivity contribution in [1.82, 2.24) is 4.40 Å². The number of para-hydroxylation sites is 1. The molecule has 0 aliphatic heterocycles. The largest absolute Gasteiger partial charge is 0.744 e. The number of rotatable bonds is 1. The smallest absolute Gasteiger partial charge is 0.256 e. The molecule has 29 heavy (non-hydrogen) atoms. The van der Waals surface area contributed by atoms with Gasteiger partial charge in [0.15, 0.2) is 6.20 Å². The molecule has 0 unspecified atom stereocenters. The second-order valence-corrected chi connectivity index (χ2v) is 8.25. The summed E-state index contributed by atoms with van der Waals surface area (Å²) in [4.78, 5) is 11.9. The van der Waals surface area contributed by atoms with Gasteiger partial charge in [-0.2, -0.15) is 4.57 Å². The van der Waals surface area contributed by atoms with Crippen LogP contribution in [-0.2, 0) is 17.2 Å². The summed E-state index contributed by atoms with van der Waals surface area (Å²) in [5, 5.41) is 2.27. The predicted molar refractivity (Wildman–Crippen MR) is 110 cm³/mol. The van der Waals surface area contributed by atoms with Gasteiger partial charge in [-0.3, -0.25) is 9.20 Å². The molecule has 5 rings (SSSR count). The van der Waals surface area contributed by atoms with E-state index in [4.69, 9.17) is 0 Å². The van der Waals surface area contributed by atoms with Crippen LogP contribution < -0.4 is 10.1 Å². The summed E-state index contributed by atoms with van der Waals surface area (Å²) in [5.41, 5.74) is 4.02. The zero-order valence-electron chi connectivity index (χ0n) is 15.9. The standard InChI is InChI=1S/C15H11N2O.C7H8O3S/c1-16-9-8-11-10-4-2-3-5-12(10)17-14(18)7-6-13(16)15(11)17;1-6-2-4-7(5-3-6)11(8,9)10/h2-9H,1H3;2-5H,1H3,(H,8,9,10)/q+1;/p-1. The monoisotopic (exact) mass is 406 g/mol. The van der Waals surface area contributed by atoms with Crippen LogP contribution in [0.2, 0.25) is 0 Å². The summed E-state index contributed by atoms with van der Waals surface area (Å²) >= 11 is 0. The molecule has 3 heterocycles. The molecule has 0 aliphatic carbocycles. The lowest BCUT2D eigenvalue weighted by Crippen LogP contribution is -2.29. The van der Waals surface area contributed by atoms with Gasteiger partial charge in [0.1, 0.15) is 22.7 Å². The van der Waals surface area contributed by atoms with Crippen molar-refractivity contribution in [3.63, 3.8) is 0 Å². The lowest BCUT2D eigenvalue weighted by Gasteiger charge is -2.05. The van der Waals surface area contributed by atoms with Crippen molar-refractivity contribution >= 4 is 37.4 Å². The molecule has 0 aliphatic rings. The Balaban J connectivity index is 0.000000161. The van der Waals surface area contributed by atoms with E-state index in [-0.39, 0.29) is 10.5 Å². The van der Waals surface area contributed by atoms with E-state index in [0.717, 1.165) is 32.9 Å². The van der Waals surface area contributed by atoms with E-state index in [2.05, 4.69) is 12.1 Å². The third-order valence-corrected chi connectivity index (χ3v) is 5.76. The maximum Gasteiger partial charge on any atom is 0.256 e. The number of benzene rings is 2. The van der Waals surface area contributed by atoms with E-state index in [1.807, 2.05) is 49.0 Å². The summed E-state index contributed by atoms with van der Waals surface area (Å²) in [5.74, 6) is 0. The highest BCUT2D eigenvalue weighted by Crippen LogP contribution is 2.28. The number of aryl methyl sites for hydroxylation is 2. The first-order valence-electron chi connectivity index (χ1n) is 8.94. The zero-order valence-corrected chi connectivity index (χ0v) is 16.7. The van der Waals surface area contributed by atoms with Crippen LogP contribution in [0.25, 0.3) is 27.3 Å². The molecule has 2 aromatic carbocycles. The van der Waals surface area contributed by atoms with Crippen LogP contribution in [0.5, 0.6) is 0 Å².